The van der Waals surface area contributed by atoms with E-state index < -0.39 is 11.9 Å². The van der Waals surface area contributed by atoms with Crippen molar-refractivity contribution >= 4 is 11.8 Å². The summed E-state index contributed by atoms with van der Waals surface area (Å²) in [6.07, 6.45) is 3.55. The Balaban J connectivity index is 1.58. The molecule has 5 nitrogen and oxygen atoms in total. The van der Waals surface area contributed by atoms with Crippen LogP contribution < -0.4 is 5.73 Å². The third kappa shape index (κ3) is 3.31. The summed E-state index contributed by atoms with van der Waals surface area (Å²) in [6.45, 7) is 1.43. The van der Waals surface area contributed by atoms with Gasteiger partial charge >= 0.3 is 0 Å². The molecule has 1 aliphatic heterocycles. The number of benzene rings is 2. The summed E-state index contributed by atoms with van der Waals surface area (Å²) >= 11 is 0. The zero-order valence-electron chi connectivity index (χ0n) is 16.4. The van der Waals surface area contributed by atoms with Crippen molar-refractivity contribution in [3.8, 4) is 0 Å². The number of primary amides is 1. The molecular weight excluding hydrogens is 350 g/mol. The van der Waals surface area contributed by atoms with Crippen LogP contribution in [0.5, 0.6) is 0 Å². The largest absolute Gasteiger partial charge is 0.368 e. The molecule has 1 aliphatic carbocycles. The zero-order valence-corrected chi connectivity index (χ0v) is 16.4. The summed E-state index contributed by atoms with van der Waals surface area (Å²) in [7, 11) is 4.20. The molecule has 0 saturated heterocycles. The quantitative estimate of drug-likeness (QED) is 0.808. The molecule has 2 amide bonds. The van der Waals surface area contributed by atoms with E-state index in [-0.39, 0.29) is 11.3 Å². The highest BCUT2D eigenvalue weighted by Gasteiger charge is 2.44. The molecule has 5 heteroatoms. The lowest BCUT2D eigenvalue weighted by Gasteiger charge is -2.24. The molecule has 0 spiro atoms. The Kier molecular flexibility index (Phi) is 4.71. The second-order valence-electron chi connectivity index (χ2n) is 8.27. The molecule has 145 valence electrons. The molecular formula is C23H26N3O2. The summed E-state index contributed by atoms with van der Waals surface area (Å²) in [4.78, 5) is 28.8. The number of nitrogens with zero attached hydrogens (tertiary/aromatic N) is 2. The van der Waals surface area contributed by atoms with E-state index >= 15 is 0 Å². The Bertz CT molecular complexity index is 918. The van der Waals surface area contributed by atoms with Gasteiger partial charge < -0.3 is 15.5 Å². The average molecular weight is 376 g/mol. The Labute approximate surface area is 166 Å². The van der Waals surface area contributed by atoms with E-state index in [0.717, 1.165) is 18.5 Å². The van der Waals surface area contributed by atoms with Gasteiger partial charge in [0.25, 0.3) is 5.91 Å². The molecule has 1 unspecified atom stereocenters. The number of amides is 2. The van der Waals surface area contributed by atoms with Crippen molar-refractivity contribution in [2.75, 3.05) is 20.6 Å². The van der Waals surface area contributed by atoms with Crippen molar-refractivity contribution in [1.82, 2.24) is 9.80 Å². The van der Waals surface area contributed by atoms with Gasteiger partial charge in [-0.1, -0.05) is 36.4 Å². The van der Waals surface area contributed by atoms with Crippen LogP contribution in [0, 0.1) is 6.07 Å². The lowest BCUT2D eigenvalue weighted by molar-refractivity contribution is -0.122. The predicted molar refractivity (Wildman–Crippen MR) is 108 cm³/mol. The first-order valence-corrected chi connectivity index (χ1v) is 9.76. The summed E-state index contributed by atoms with van der Waals surface area (Å²) in [6, 6.07) is 15.9. The first kappa shape index (κ1) is 18.7. The van der Waals surface area contributed by atoms with E-state index in [0.29, 0.717) is 17.7 Å². The number of rotatable bonds is 7. The van der Waals surface area contributed by atoms with Gasteiger partial charge in [-0.2, -0.15) is 0 Å². The lowest BCUT2D eigenvalue weighted by atomic mass is 9.91. The van der Waals surface area contributed by atoms with Crippen molar-refractivity contribution in [2.45, 2.75) is 37.3 Å². The number of fused-ring (bicyclic) bond motifs is 1. The molecule has 28 heavy (non-hydrogen) atoms. The first-order valence-electron chi connectivity index (χ1n) is 9.76. The molecule has 2 aromatic rings. The summed E-state index contributed by atoms with van der Waals surface area (Å²) in [5, 5.41) is 0. The Morgan fingerprint density at radius 1 is 1.29 bits per heavy atom. The van der Waals surface area contributed by atoms with Crippen molar-refractivity contribution < 1.29 is 9.59 Å². The molecule has 0 bridgehead atoms. The van der Waals surface area contributed by atoms with Crippen LogP contribution in [0.3, 0.4) is 0 Å². The Morgan fingerprint density at radius 3 is 2.75 bits per heavy atom. The first-order chi connectivity index (χ1) is 13.4. The van der Waals surface area contributed by atoms with Crippen LogP contribution in [0.4, 0.5) is 0 Å². The maximum absolute atomic E-state index is 12.9. The van der Waals surface area contributed by atoms with Crippen molar-refractivity contribution in [3.05, 3.63) is 70.8 Å². The smallest absolute Gasteiger partial charge is 0.255 e. The van der Waals surface area contributed by atoms with Gasteiger partial charge in [0.05, 0.1) is 0 Å². The van der Waals surface area contributed by atoms with Crippen molar-refractivity contribution in [1.29, 1.82) is 0 Å². The highest BCUT2D eigenvalue weighted by atomic mass is 16.2. The van der Waals surface area contributed by atoms with Gasteiger partial charge in [0.1, 0.15) is 6.04 Å². The molecule has 1 saturated carbocycles. The van der Waals surface area contributed by atoms with Crippen molar-refractivity contribution in [3.63, 3.8) is 0 Å². The fraction of sp³-hybridized carbons (Fsp3) is 0.391. The predicted octanol–water partition coefficient (Wildman–Crippen LogP) is 2.65. The molecule has 4 rings (SSSR count). The van der Waals surface area contributed by atoms with Gasteiger partial charge in [-0.15, -0.1) is 0 Å². The Hall–Kier alpha value is -2.66. The van der Waals surface area contributed by atoms with Gasteiger partial charge in [-0.3, -0.25) is 9.59 Å². The fourth-order valence-corrected chi connectivity index (χ4v) is 4.22. The van der Waals surface area contributed by atoms with E-state index in [2.05, 4.69) is 43.3 Å². The average Bonchev–Trinajstić information content (AvgIpc) is 3.42. The second-order valence-corrected chi connectivity index (χ2v) is 8.27. The number of hydrogen-bond acceptors (Lipinski definition) is 3. The third-order valence-corrected chi connectivity index (χ3v) is 6.02. The van der Waals surface area contributed by atoms with E-state index in [1.54, 1.807) is 23.1 Å². The SMILES string of the molecule is CN(C)CCC1(c2cccc(CN3C(=O)c4ccc[c]c4C3C(N)=O)c2)CC1. The summed E-state index contributed by atoms with van der Waals surface area (Å²) < 4.78 is 0. The minimum atomic E-state index is -0.754. The number of hydrogen-bond donors (Lipinski definition) is 1. The molecule has 1 radical (unpaired) electrons. The third-order valence-electron chi connectivity index (χ3n) is 6.02. The van der Waals surface area contributed by atoms with E-state index in [1.165, 1.54) is 18.4 Å². The molecule has 2 aliphatic rings. The zero-order chi connectivity index (χ0) is 19.9. The van der Waals surface area contributed by atoms with Crippen LogP contribution in [0.15, 0.2) is 42.5 Å². The van der Waals surface area contributed by atoms with Crippen LogP contribution in [-0.2, 0) is 16.8 Å². The fourth-order valence-electron chi connectivity index (χ4n) is 4.22. The van der Waals surface area contributed by atoms with Crippen molar-refractivity contribution in [2.24, 2.45) is 5.73 Å². The topological polar surface area (TPSA) is 66.6 Å². The van der Waals surface area contributed by atoms with Crippen LogP contribution >= 0.6 is 0 Å². The molecule has 2 aromatic carbocycles. The van der Waals surface area contributed by atoms with Gasteiger partial charge in [-0.05, 0) is 68.6 Å². The second kappa shape index (κ2) is 7.06. The summed E-state index contributed by atoms with van der Waals surface area (Å²) in [5.41, 5.74) is 9.36. The molecule has 0 aromatic heterocycles. The van der Waals surface area contributed by atoms with Gasteiger partial charge in [0.2, 0.25) is 5.91 Å². The Morgan fingerprint density at radius 2 is 2.07 bits per heavy atom. The minimum absolute atomic E-state index is 0.158. The molecule has 2 N–H and O–H groups in total. The number of carbonyl (C=O) groups excluding carboxylic acids is 2. The lowest BCUT2D eigenvalue weighted by Crippen LogP contribution is -2.35. The molecule has 1 fully saturated rings. The number of carbonyl (C=O) groups is 2. The van der Waals surface area contributed by atoms with Gasteiger partial charge in [0, 0.05) is 17.7 Å². The van der Waals surface area contributed by atoms with Gasteiger partial charge in [-0.25, -0.2) is 0 Å². The highest BCUT2D eigenvalue weighted by molar-refractivity contribution is 6.04. The van der Waals surface area contributed by atoms with Crippen LogP contribution in [0.25, 0.3) is 0 Å². The normalized spacial score (nSPS) is 19.8. The standard InChI is InChI=1S/C23H26N3O2/c1-25(2)13-12-23(10-11-23)17-7-5-6-16(14-17)15-26-20(21(24)27)18-8-3-4-9-19(18)22(26)28/h3-7,9,14,20H,10-13,15H2,1-2H3,(H2,24,27). The monoisotopic (exact) mass is 376 g/mol. The van der Waals surface area contributed by atoms with E-state index in [9.17, 15) is 9.59 Å². The number of nitrogens with two attached hydrogens (primary N) is 1. The van der Waals surface area contributed by atoms with Crippen LogP contribution in [0.1, 0.15) is 52.4 Å². The highest BCUT2D eigenvalue weighted by Crippen LogP contribution is 2.51. The molecule has 1 atom stereocenters. The maximum atomic E-state index is 12.9. The summed E-state index contributed by atoms with van der Waals surface area (Å²) in [5.74, 6) is -0.676. The molecule has 1 heterocycles. The van der Waals surface area contributed by atoms with Crippen LogP contribution in [-0.4, -0.2) is 42.3 Å². The van der Waals surface area contributed by atoms with Crippen LogP contribution in [0.2, 0.25) is 0 Å². The maximum Gasteiger partial charge on any atom is 0.255 e. The minimum Gasteiger partial charge on any atom is -0.368 e. The van der Waals surface area contributed by atoms with E-state index in [1.807, 2.05) is 6.07 Å². The van der Waals surface area contributed by atoms with Gasteiger partial charge in [0.15, 0.2) is 0 Å². The van der Waals surface area contributed by atoms with E-state index in [4.69, 9.17) is 5.73 Å².